The normalized spacial score (nSPS) is 23.9. The molecule has 1 aliphatic heterocycles. The molecule has 1 aromatic carbocycles. The lowest BCUT2D eigenvalue weighted by Crippen LogP contribution is -2.62. The summed E-state index contributed by atoms with van der Waals surface area (Å²) in [5.41, 5.74) is 2.24. The molecule has 1 aromatic rings. The summed E-state index contributed by atoms with van der Waals surface area (Å²) in [7, 11) is 0. The zero-order valence-corrected chi connectivity index (χ0v) is 13.2. The lowest BCUT2D eigenvalue weighted by molar-refractivity contribution is -0.151. The number of rotatable bonds is 4. The fraction of sp³-hybridized carbons (Fsp3) is 0.529. The molecule has 0 radical (unpaired) electrons. The lowest BCUT2D eigenvalue weighted by atomic mass is 9.96. The van der Waals surface area contributed by atoms with Crippen LogP contribution >= 0.6 is 0 Å². The van der Waals surface area contributed by atoms with Gasteiger partial charge in [-0.3, -0.25) is 9.59 Å². The predicted molar refractivity (Wildman–Crippen MR) is 82.7 cm³/mol. The number of aryl methyl sites for hydroxylation is 1. The summed E-state index contributed by atoms with van der Waals surface area (Å²) in [5, 5.41) is 2.84. The summed E-state index contributed by atoms with van der Waals surface area (Å²) in [6.07, 6.45) is 1.56. The monoisotopic (exact) mass is 288 g/mol. The highest BCUT2D eigenvalue weighted by molar-refractivity contribution is 5.97. The molecule has 1 aliphatic rings. The summed E-state index contributed by atoms with van der Waals surface area (Å²) in [6, 6.07) is 7.11. The third-order valence-electron chi connectivity index (χ3n) is 4.30. The predicted octanol–water partition coefficient (Wildman–Crippen LogP) is 2.57. The molecule has 4 heteroatoms. The minimum Gasteiger partial charge on any atom is -0.343 e. The van der Waals surface area contributed by atoms with E-state index in [9.17, 15) is 9.59 Å². The van der Waals surface area contributed by atoms with E-state index in [1.165, 1.54) is 0 Å². The van der Waals surface area contributed by atoms with Crippen LogP contribution in [0.1, 0.15) is 50.8 Å². The van der Waals surface area contributed by atoms with E-state index in [-0.39, 0.29) is 23.9 Å². The number of piperazine rings is 1. The molecule has 1 N–H and O–H groups in total. The van der Waals surface area contributed by atoms with Crippen LogP contribution in [0.5, 0.6) is 0 Å². The maximum absolute atomic E-state index is 12.7. The topological polar surface area (TPSA) is 49.4 Å². The van der Waals surface area contributed by atoms with Crippen LogP contribution in [0.2, 0.25) is 0 Å². The summed E-state index contributed by atoms with van der Waals surface area (Å²) in [6.45, 7) is 7.85. The molecule has 0 saturated carbocycles. The van der Waals surface area contributed by atoms with Gasteiger partial charge in [0.25, 0.3) is 0 Å². The van der Waals surface area contributed by atoms with E-state index in [1.807, 2.05) is 45.0 Å². The second kappa shape index (κ2) is 6.29. The molecule has 1 saturated heterocycles. The largest absolute Gasteiger partial charge is 0.343 e. The maximum atomic E-state index is 12.7. The smallest absolute Gasteiger partial charge is 0.246 e. The molecule has 114 valence electrons. The summed E-state index contributed by atoms with van der Waals surface area (Å²) in [4.78, 5) is 26.6. The van der Waals surface area contributed by atoms with Crippen molar-refractivity contribution in [2.24, 2.45) is 0 Å². The summed E-state index contributed by atoms with van der Waals surface area (Å²) < 4.78 is 0. The minimum atomic E-state index is -0.430. The van der Waals surface area contributed by atoms with Crippen LogP contribution in [-0.4, -0.2) is 28.8 Å². The van der Waals surface area contributed by atoms with Crippen molar-refractivity contribution in [2.45, 2.75) is 58.7 Å². The Bertz CT molecular complexity index is 541. The Hall–Kier alpha value is -1.84. The second-order valence-corrected chi connectivity index (χ2v) is 5.80. The molecule has 2 amide bonds. The van der Waals surface area contributed by atoms with Crippen LogP contribution in [0.25, 0.3) is 0 Å². The molecule has 3 atom stereocenters. The Kier molecular flexibility index (Phi) is 4.66. The third-order valence-corrected chi connectivity index (χ3v) is 4.30. The SMILES string of the molecule is CCCC1NC(=O)C(C)N(C(C)c2ccccc2C)C1=O. The molecule has 1 heterocycles. The van der Waals surface area contributed by atoms with Gasteiger partial charge in [0.15, 0.2) is 0 Å². The molecular formula is C17H24N2O2. The molecule has 0 spiro atoms. The Morgan fingerprint density at radius 3 is 2.57 bits per heavy atom. The van der Waals surface area contributed by atoms with Gasteiger partial charge < -0.3 is 10.2 Å². The van der Waals surface area contributed by atoms with Gasteiger partial charge in [0.1, 0.15) is 12.1 Å². The van der Waals surface area contributed by atoms with E-state index < -0.39 is 6.04 Å². The summed E-state index contributed by atoms with van der Waals surface area (Å²) in [5.74, 6) is -0.0341. The van der Waals surface area contributed by atoms with Crippen molar-refractivity contribution < 1.29 is 9.59 Å². The Morgan fingerprint density at radius 2 is 1.95 bits per heavy atom. The number of amides is 2. The van der Waals surface area contributed by atoms with Gasteiger partial charge in [-0.05, 0) is 38.3 Å². The van der Waals surface area contributed by atoms with Gasteiger partial charge in [0, 0.05) is 0 Å². The molecule has 0 aliphatic carbocycles. The first-order valence-electron chi connectivity index (χ1n) is 7.65. The van der Waals surface area contributed by atoms with Gasteiger partial charge in [-0.25, -0.2) is 0 Å². The van der Waals surface area contributed by atoms with E-state index in [4.69, 9.17) is 0 Å². The first-order chi connectivity index (χ1) is 9.97. The molecule has 4 nitrogen and oxygen atoms in total. The first-order valence-corrected chi connectivity index (χ1v) is 7.65. The van der Waals surface area contributed by atoms with Crippen molar-refractivity contribution in [1.82, 2.24) is 10.2 Å². The van der Waals surface area contributed by atoms with Crippen LogP contribution in [-0.2, 0) is 9.59 Å². The van der Waals surface area contributed by atoms with Crippen LogP contribution < -0.4 is 5.32 Å². The standard InChI is InChI=1S/C17H24N2O2/c1-5-8-15-17(21)19(13(4)16(20)18-15)12(3)14-10-7-6-9-11(14)2/h6-7,9-10,12-13,15H,5,8H2,1-4H3,(H,18,20). The van der Waals surface area contributed by atoms with Crippen LogP contribution in [0.3, 0.4) is 0 Å². The second-order valence-electron chi connectivity index (χ2n) is 5.80. The number of nitrogens with zero attached hydrogens (tertiary/aromatic N) is 1. The molecule has 0 bridgehead atoms. The molecule has 3 unspecified atom stereocenters. The third kappa shape index (κ3) is 2.94. The van der Waals surface area contributed by atoms with Crippen molar-refractivity contribution in [3.8, 4) is 0 Å². The molecule has 2 rings (SSSR count). The quantitative estimate of drug-likeness (QED) is 0.925. The van der Waals surface area contributed by atoms with E-state index in [2.05, 4.69) is 5.32 Å². The average molecular weight is 288 g/mol. The van der Waals surface area contributed by atoms with E-state index in [1.54, 1.807) is 11.8 Å². The summed E-state index contributed by atoms with van der Waals surface area (Å²) >= 11 is 0. The number of benzene rings is 1. The number of hydrogen-bond donors (Lipinski definition) is 1. The van der Waals surface area contributed by atoms with Crippen molar-refractivity contribution >= 4 is 11.8 Å². The Morgan fingerprint density at radius 1 is 1.29 bits per heavy atom. The molecule has 0 aromatic heterocycles. The molecular weight excluding hydrogens is 264 g/mol. The highest BCUT2D eigenvalue weighted by atomic mass is 16.2. The van der Waals surface area contributed by atoms with E-state index in [0.29, 0.717) is 6.42 Å². The number of hydrogen-bond acceptors (Lipinski definition) is 2. The Balaban J connectivity index is 2.32. The van der Waals surface area contributed by atoms with Crippen LogP contribution in [0.4, 0.5) is 0 Å². The Labute approximate surface area is 126 Å². The van der Waals surface area contributed by atoms with E-state index in [0.717, 1.165) is 17.5 Å². The number of nitrogens with one attached hydrogen (secondary N) is 1. The van der Waals surface area contributed by atoms with Crippen molar-refractivity contribution in [3.05, 3.63) is 35.4 Å². The van der Waals surface area contributed by atoms with Gasteiger partial charge in [0.2, 0.25) is 11.8 Å². The van der Waals surface area contributed by atoms with Crippen LogP contribution in [0.15, 0.2) is 24.3 Å². The zero-order valence-electron chi connectivity index (χ0n) is 13.2. The molecule has 1 fully saturated rings. The first kappa shape index (κ1) is 15.5. The van der Waals surface area contributed by atoms with Gasteiger partial charge in [-0.1, -0.05) is 37.6 Å². The van der Waals surface area contributed by atoms with Gasteiger partial charge >= 0.3 is 0 Å². The number of carbonyl (C=O) groups is 2. The molecule has 21 heavy (non-hydrogen) atoms. The zero-order chi connectivity index (χ0) is 15.6. The highest BCUT2D eigenvalue weighted by Gasteiger charge is 2.40. The minimum absolute atomic E-state index is 0.0275. The average Bonchev–Trinajstić information content (AvgIpc) is 2.45. The van der Waals surface area contributed by atoms with E-state index >= 15 is 0 Å². The van der Waals surface area contributed by atoms with Crippen LogP contribution in [0, 0.1) is 6.92 Å². The number of carbonyl (C=O) groups excluding carboxylic acids is 2. The van der Waals surface area contributed by atoms with Crippen molar-refractivity contribution in [3.63, 3.8) is 0 Å². The van der Waals surface area contributed by atoms with Gasteiger partial charge in [-0.2, -0.15) is 0 Å². The fourth-order valence-electron chi connectivity index (χ4n) is 3.07. The van der Waals surface area contributed by atoms with Gasteiger partial charge in [0.05, 0.1) is 6.04 Å². The van der Waals surface area contributed by atoms with Crippen molar-refractivity contribution in [2.75, 3.05) is 0 Å². The lowest BCUT2D eigenvalue weighted by Gasteiger charge is -2.41. The highest BCUT2D eigenvalue weighted by Crippen LogP contribution is 2.28. The fourth-order valence-corrected chi connectivity index (χ4v) is 3.07. The van der Waals surface area contributed by atoms with Gasteiger partial charge in [-0.15, -0.1) is 0 Å². The maximum Gasteiger partial charge on any atom is 0.246 e. The van der Waals surface area contributed by atoms with Crippen molar-refractivity contribution in [1.29, 1.82) is 0 Å².